The summed E-state index contributed by atoms with van der Waals surface area (Å²) in [5.41, 5.74) is 1.33. The van der Waals surface area contributed by atoms with E-state index in [-0.39, 0.29) is 23.8 Å². The highest BCUT2D eigenvalue weighted by atomic mass is 16.5. The standard InChI is InChI=1S/C15H22N4O3/c1-9(2)19-5-3-12(15(19)21)17-14(20)11-7-16-18-13(11)10-4-6-22-8-10/h7,9-10,12H,3-6,8H2,1-2H3,(H,16,18)(H,17,20). The van der Waals surface area contributed by atoms with Crippen molar-refractivity contribution in [3.63, 3.8) is 0 Å². The molecule has 2 atom stereocenters. The minimum Gasteiger partial charge on any atom is -0.381 e. The maximum Gasteiger partial charge on any atom is 0.255 e. The van der Waals surface area contributed by atoms with Crippen LogP contribution in [0.1, 0.15) is 48.7 Å². The second kappa shape index (κ2) is 6.08. The van der Waals surface area contributed by atoms with Gasteiger partial charge in [0.05, 0.1) is 24.1 Å². The summed E-state index contributed by atoms with van der Waals surface area (Å²) in [5, 5.41) is 9.74. The van der Waals surface area contributed by atoms with Crippen molar-refractivity contribution in [3.05, 3.63) is 17.5 Å². The molecule has 2 aliphatic rings. The van der Waals surface area contributed by atoms with E-state index >= 15 is 0 Å². The predicted molar refractivity (Wildman–Crippen MR) is 79.5 cm³/mol. The Kier molecular flexibility index (Phi) is 4.15. The van der Waals surface area contributed by atoms with Crippen LogP contribution in [0.5, 0.6) is 0 Å². The molecule has 0 radical (unpaired) electrons. The van der Waals surface area contributed by atoms with Gasteiger partial charge in [-0.1, -0.05) is 0 Å². The van der Waals surface area contributed by atoms with E-state index in [4.69, 9.17) is 4.74 Å². The second-order valence-corrected chi connectivity index (χ2v) is 6.20. The van der Waals surface area contributed by atoms with E-state index < -0.39 is 6.04 Å². The van der Waals surface area contributed by atoms with Crippen molar-refractivity contribution in [2.24, 2.45) is 0 Å². The number of aromatic nitrogens is 2. The summed E-state index contributed by atoms with van der Waals surface area (Å²) in [6.07, 6.45) is 3.07. The lowest BCUT2D eigenvalue weighted by molar-refractivity contribution is -0.130. The summed E-state index contributed by atoms with van der Waals surface area (Å²) in [6.45, 7) is 5.96. The number of carbonyl (C=O) groups is 2. The van der Waals surface area contributed by atoms with Gasteiger partial charge in [0.15, 0.2) is 0 Å². The van der Waals surface area contributed by atoms with Crippen LogP contribution in [0.15, 0.2) is 6.20 Å². The van der Waals surface area contributed by atoms with E-state index in [1.165, 1.54) is 6.20 Å². The van der Waals surface area contributed by atoms with E-state index in [2.05, 4.69) is 15.5 Å². The predicted octanol–water partition coefficient (Wildman–Crippen LogP) is 0.653. The number of rotatable bonds is 4. The van der Waals surface area contributed by atoms with Crippen molar-refractivity contribution in [2.45, 2.75) is 44.7 Å². The quantitative estimate of drug-likeness (QED) is 0.855. The minimum absolute atomic E-state index is 0.00223. The molecule has 2 aliphatic heterocycles. The van der Waals surface area contributed by atoms with Gasteiger partial charge in [0.1, 0.15) is 6.04 Å². The molecule has 2 unspecified atom stereocenters. The maximum atomic E-state index is 12.5. The van der Waals surface area contributed by atoms with Crippen molar-refractivity contribution in [3.8, 4) is 0 Å². The molecule has 0 bridgehead atoms. The summed E-state index contributed by atoms with van der Waals surface area (Å²) >= 11 is 0. The van der Waals surface area contributed by atoms with Gasteiger partial charge in [-0.05, 0) is 26.7 Å². The third-order valence-electron chi connectivity index (χ3n) is 4.42. The molecule has 7 nitrogen and oxygen atoms in total. The van der Waals surface area contributed by atoms with Crippen LogP contribution in [-0.4, -0.2) is 58.8 Å². The molecule has 2 N–H and O–H groups in total. The average Bonchev–Trinajstić information content (AvgIpc) is 3.18. The van der Waals surface area contributed by atoms with Gasteiger partial charge in [0.25, 0.3) is 5.91 Å². The summed E-state index contributed by atoms with van der Waals surface area (Å²) < 4.78 is 5.37. The van der Waals surface area contributed by atoms with Gasteiger partial charge in [-0.2, -0.15) is 5.10 Å². The summed E-state index contributed by atoms with van der Waals surface area (Å²) in [5.74, 6) is -0.0631. The summed E-state index contributed by atoms with van der Waals surface area (Å²) in [4.78, 5) is 26.5. The Bertz CT molecular complexity index is 563. The van der Waals surface area contributed by atoms with Gasteiger partial charge in [0, 0.05) is 25.1 Å². The van der Waals surface area contributed by atoms with Gasteiger partial charge in [-0.15, -0.1) is 0 Å². The Morgan fingerprint density at radius 3 is 2.95 bits per heavy atom. The fourth-order valence-corrected chi connectivity index (χ4v) is 3.14. The van der Waals surface area contributed by atoms with Crippen molar-refractivity contribution >= 4 is 11.8 Å². The molecule has 0 saturated carbocycles. The van der Waals surface area contributed by atoms with Gasteiger partial charge in [-0.25, -0.2) is 0 Å². The molecule has 120 valence electrons. The lowest BCUT2D eigenvalue weighted by atomic mass is 10.0. The number of hydrogen-bond acceptors (Lipinski definition) is 4. The first-order valence-electron chi connectivity index (χ1n) is 7.80. The molecule has 0 aromatic carbocycles. The van der Waals surface area contributed by atoms with E-state index in [9.17, 15) is 9.59 Å². The van der Waals surface area contributed by atoms with Gasteiger partial charge in [-0.3, -0.25) is 14.7 Å². The molecular formula is C15H22N4O3. The van der Waals surface area contributed by atoms with Crippen LogP contribution in [0.2, 0.25) is 0 Å². The molecule has 1 aromatic rings. The normalized spacial score (nSPS) is 25.2. The molecule has 2 fully saturated rings. The van der Waals surface area contributed by atoms with Gasteiger partial charge < -0.3 is 15.0 Å². The van der Waals surface area contributed by atoms with E-state index in [0.29, 0.717) is 31.7 Å². The molecule has 3 rings (SSSR count). The zero-order valence-electron chi connectivity index (χ0n) is 13.0. The molecule has 2 amide bonds. The van der Waals surface area contributed by atoms with Crippen LogP contribution in [0.4, 0.5) is 0 Å². The highest BCUT2D eigenvalue weighted by molar-refractivity contribution is 5.98. The van der Waals surface area contributed by atoms with E-state index in [1.54, 1.807) is 4.90 Å². The van der Waals surface area contributed by atoms with Crippen molar-refractivity contribution < 1.29 is 14.3 Å². The number of aromatic amines is 1. The van der Waals surface area contributed by atoms with Crippen molar-refractivity contribution in [1.82, 2.24) is 20.4 Å². The number of nitrogens with one attached hydrogen (secondary N) is 2. The number of likely N-dealkylation sites (tertiary alicyclic amines) is 1. The number of carbonyl (C=O) groups excluding carboxylic acids is 2. The SMILES string of the molecule is CC(C)N1CCC(NC(=O)c2cn[nH]c2C2CCOC2)C1=O. The number of ether oxygens (including phenoxy) is 1. The number of amides is 2. The van der Waals surface area contributed by atoms with Crippen LogP contribution in [0, 0.1) is 0 Å². The first-order chi connectivity index (χ1) is 10.6. The molecular weight excluding hydrogens is 284 g/mol. The third-order valence-corrected chi connectivity index (χ3v) is 4.42. The Labute approximate surface area is 129 Å². The first-order valence-corrected chi connectivity index (χ1v) is 7.80. The van der Waals surface area contributed by atoms with Crippen LogP contribution in [-0.2, 0) is 9.53 Å². The summed E-state index contributed by atoms with van der Waals surface area (Å²) in [6, 6.07) is -0.271. The largest absolute Gasteiger partial charge is 0.381 e. The average molecular weight is 306 g/mol. The monoisotopic (exact) mass is 306 g/mol. The molecule has 0 spiro atoms. The van der Waals surface area contributed by atoms with Crippen molar-refractivity contribution in [1.29, 1.82) is 0 Å². The fourth-order valence-electron chi connectivity index (χ4n) is 3.14. The lowest BCUT2D eigenvalue weighted by Crippen LogP contribution is -2.43. The van der Waals surface area contributed by atoms with Crippen LogP contribution in [0.25, 0.3) is 0 Å². The second-order valence-electron chi connectivity index (χ2n) is 6.20. The molecule has 2 saturated heterocycles. The Morgan fingerprint density at radius 2 is 2.32 bits per heavy atom. The van der Waals surface area contributed by atoms with Crippen LogP contribution < -0.4 is 5.32 Å². The van der Waals surface area contributed by atoms with E-state index in [0.717, 1.165) is 12.1 Å². The zero-order chi connectivity index (χ0) is 15.7. The Morgan fingerprint density at radius 1 is 1.50 bits per heavy atom. The third kappa shape index (κ3) is 2.72. The molecule has 1 aromatic heterocycles. The van der Waals surface area contributed by atoms with Crippen LogP contribution >= 0.6 is 0 Å². The highest BCUT2D eigenvalue weighted by Gasteiger charge is 2.35. The Balaban J connectivity index is 1.68. The van der Waals surface area contributed by atoms with Gasteiger partial charge in [0.2, 0.25) is 5.91 Å². The summed E-state index contributed by atoms with van der Waals surface area (Å²) in [7, 11) is 0. The zero-order valence-corrected chi connectivity index (χ0v) is 13.0. The minimum atomic E-state index is -0.433. The lowest BCUT2D eigenvalue weighted by Gasteiger charge is -2.21. The number of hydrogen-bond donors (Lipinski definition) is 2. The fraction of sp³-hybridized carbons (Fsp3) is 0.667. The van der Waals surface area contributed by atoms with E-state index in [1.807, 2.05) is 13.8 Å². The Hall–Kier alpha value is -1.89. The molecule has 0 aliphatic carbocycles. The number of H-pyrrole nitrogens is 1. The molecule has 7 heteroatoms. The van der Waals surface area contributed by atoms with Crippen molar-refractivity contribution in [2.75, 3.05) is 19.8 Å². The van der Waals surface area contributed by atoms with Gasteiger partial charge >= 0.3 is 0 Å². The smallest absolute Gasteiger partial charge is 0.255 e. The first kappa shape index (κ1) is 15.0. The molecule has 22 heavy (non-hydrogen) atoms. The maximum absolute atomic E-state index is 12.5. The topological polar surface area (TPSA) is 87.3 Å². The number of nitrogens with zero attached hydrogens (tertiary/aromatic N) is 2. The molecule has 3 heterocycles. The highest BCUT2D eigenvalue weighted by Crippen LogP contribution is 2.26. The van der Waals surface area contributed by atoms with Crippen LogP contribution in [0.3, 0.4) is 0 Å².